The van der Waals surface area contributed by atoms with Gasteiger partial charge in [-0.15, -0.1) is 0 Å². The highest BCUT2D eigenvalue weighted by atomic mass is 32.2. The van der Waals surface area contributed by atoms with Crippen LogP contribution in [0.5, 0.6) is 0 Å². The quantitative estimate of drug-likeness (QED) is 0.698. The van der Waals surface area contributed by atoms with Gasteiger partial charge in [-0.1, -0.05) is 0 Å². The van der Waals surface area contributed by atoms with E-state index in [4.69, 9.17) is 9.84 Å². The first kappa shape index (κ1) is 16.2. The molecule has 2 saturated heterocycles. The van der Waals surface area contributed by atoms with E-state index in [1.807, 2.05) is 0 Å². The smallest absolute Gasteiger partial charge is 0.332 e. The number of carbonyl (C=O) groups excluding carboxylic acids is 1. The van der Waals surface area contributed by atoms with Crippen LogP contribution in [-0.2, 0) is 24.3 Å². The molecular formula is C12H20N2O6S. The van der Waals surface area contributed by atoms with E-state index in [1.54, 1.807) is 0 Å². The van der Waals surface area contributed by atoms with Crippen LogP contribution in [0.25, 0.3) is 0 Å². The molecule has 2 fully saturated rings. The molecule has 0 unspecified atom stereocenters. The van der Waals surface area contributed by atoms with Gasteiger partial charge in [-0.25, -0.2) is 17.5 Å². The third kappa shape index (κ3) is 4.14. The van der Waals surface area contributed by atoms with E-state index in [2.05, 4.69) is 5.32 Å². The van der Waals surface area contributed by atoms with Gasteiger partial charge >= 0.3 is 5.97 Å². The maximum Gasteiger partial charge on any atom is 0.332 e. The van der Waals surface area contributed by atoms with Crippen LogP contribution in [0.4, 0.5) is 0 Å². The van der Waals surface area contributed by atoms with Crippen molar-refractivity contribution < 1.29 is 27.9 Å². The molecule has 0 aromatic heterocycles. The molecule has 2 N–H and O–H groups in total. The molecule has 9 heteroatoms. The molecule has 0 saturated carbocycles. The molecule has 0 aliphatic carbocycles. The SMILES string of the molecule is CS(=O)(=O)N1CCC(NC(=O)[C@@H]2CC[C@H](C(=O)O)O2)CC1. The number of carboxylic acid groups (broad SMARTS) is 1. The predicted molar refractivity (Wildman–Crippen MR) is 73.1 cm³/mol. The fourth-order valence-electron chi connectivity index (χ4n) is 2.64. The molecule has 2 atom stereocenters. The molecule has 2 aliphatic rings. The van der Waals surface area contributed by atoms with Gasteiger partial charge in [-0.3, -0.25) is 4.79 Å². The minimum Gasteiger partial charge on any atom is -0.479 e. The number of sulfonamides is 1. The van der Waals surface area contributed by atoms with Crippen LogP contribution in [0.15, 0.2) is 0 Å². The lowest BCUT2D eigenvalue weighted by molar-refractivity contribution is -0.151. The van der Waals surface area contributed by atoms with Gasteiger partial charge in [0.2, 0.25) is 15.9 Å². The first-order chi connectivity index (χ1) is 9.77. The van der Waals surface area contributed by atoms with Crippen molar-refractivity contribution in [1.29, 1.82) is 0 Å². The molecule has 21 heavy (non-hydrogen) atoms. The zero-order valence-corrected chi connectivity index (χ0v) is 12.6. The van der Waals surface area contributed by atoms with E-state index in [1.165, 1.54) is 10.6 Å². The average molecular weight is 320 g/mol. The number of rotatable bonds is 4. The van der Waals surface area contributed by atoms with Crippen molar-refractivity contribution in [2.45, 2.75) is 43.9 Å². The predicted octanol–water partition coefficient (Wildman–Crippen LogP) is -0.841. The third-order valence-electron chi connectivity index (χ3n) is 3.86. The fraction of sp³-hybridized carbons (Fsp3) is 0.833. The Morgan fingerprint density at radius 3 is 2.19 bits per heavy atom. The molecule has 0 radical (unpaired) electrons. The van der Waals surface area contributed by atoms with Crippen LogP contribution in [0.1, 0.15) is 25.7 Å². The summed E-state index contributed by atoms with van der Waals surface area (Å²) in [5.74, 6) is -1.36. The van der Waals surface area contributed by atoms with E-state index < -0.39 is 28.2 Å². The van der Waals surface area contributed by atoms with Gasteiger partial charge in [0.25, 0.3) is 0 Å². The highest BCUT2D eigenvalue weighted by Crippen LogP contribution is 2.21. The van der Waals surface area contributed by atoms with E-state index in [0.717, 1.165) is 0 Å². The number of piperidine rings is 1. The highest BCUT2D eigenvalue weighted by molar-refractivity contribution is 7.88. The lowest BCUT2D eigenvalue weighted by Gasteiger charge is -2.31. The maximum atomic E-state index is 12.0. The second kappa shape index (κ2) is 6.29. The van der Waals surface area contributed by atoms with Crippen LogP contribution in [0.2, 0.25) is 0 Å². The van der Waals surface area contributed by atoms with Crippen LogP contribution in [0.3, 0.4) is 0 Å². The van der Waals surface area contributed by atoms with E-state index >= 15 is 0 Å². The van der Waals surface area contributed by atoms with Crippen molar-refractivity contribution in [3.05, 3.63) is 0 Å². The van der Waals surface area contributed by atoms with Gasteiger partial charge in [-0.05, 0) is 25.7 Å². The Morgan fingerprint density at radius 1 is 1.14 bits per heavy atom. The third-order valence-corrected chi connectivity index (χ3v) is 5.16. The molecule has 0 bridgehead atoms. The van der Waals surface area contributed by atoms with Crippen LogP contribution in [-0.4, -0.2) is 67.3 Å². The van der Waals surface area contributed by atoms with E-state index in [-0.39, 0.29) is 11.9 Å². The number of ether oxygens (including phenoxy) is 1. The van der Waals surface area contributed by atoms with Crippen LogP contribution < -0.4 is 5.32 Å². The molecular weight excluding hydrogens is 300 g/mol. The normalized spacial score (nSPS) is 28.4. The Bertz CT molecular complexity index is 512. The Hall–Kier alpha value is -1.19. The largest absolute Gasteiger partial charge is 0.479 e. The van der Waals surface area contributed by atoms with E-state index in [9.17, 15) is 18.0 Å². The summed E-state index contributed by atoms with van der Waals surface area (Å²) in [6, 6.07) is -0.0945. The fourth-order valence-corrected chi connectivity index (χ4v) is 3.51. The summed E-state index contributed by atoms with van der Waals surface area (Å²) in [5.41, 5.74) is 0. The topological polar surface area (TPSA) is 113 Å². The second-order valence-corrected chi connectivity index (χ2v) is 7.46. The number of carbonyl (C=O) groups is 2. The van der Waals surface area contributed by atoms with Gasteiger partial charge in [0.1, 0.15) is 6.10 Å². The van der Waals surface area contributed by atoms with Crippen molar-refractivity contribution in [2.75, 3.05) is 19.3 Å². The minimum absolute atomic E-state index is 0.0945. The Balaban J connectivity index is 1.79. The van der Waals surface area contributed by atoms with E-state index in [0.29, 0.717) is 38.8 Å². The Morgan fingerprint density at radius 2 is 1.71 bits per heavy atom. The number of nitrogens with zero attached hydrogens (tertiary/aromatic N) is 1. The van der Waals surface area contributed by atoms with Crippen molar-refractivity contribution in [3.8, 4) is 0 Å². The second-order valence-electron chi connectivity index (χ2n) is 5.47. The van der Waals surface area contributed by atoms with Crippen molar-refractivity contribution in [1.82, 2.24) is 9.62 Å². The van der Waals surface area contributed by atoms with Crippen molar-refractivity contribution >= 4 is 21.9 Å². The minimum atomic E-state index is -3.18. The monoisotopic (exact) mass is 320 g/mol. The van der Waals surface area contributed by atoms with Crippen molar-refractivity contribution in [2.24, 2.45) is 0 Å². The first-order valence-electron chi connectivity index (χ1n) is 6.91. The molecule has 0 aromatic rings. The van der Waals surface area contributed by atoms with Gasteiger partial charge in [0, 0.05) is 19.1 Å². The van der Waals surface area contributed by atoms with Gasteiger partial charge < -0.3 is 15.2 Å². The zero-order chi connectivity index (χ0) is 15.6. The standard InChI is InChI=1S/C12H20N2O6S/c1-21(18,19)14-6-4-8(5-7-14)13-11(15)9-2-3-10(20-9)12(16)17/h8-10H,2-7H2,1H3,(H,13,15)(H,16,17)/t9-,10+/m0/s1. The van der Waals surface area contributed by atoms with Crippen molar-refractivity contribution in [3.63, 3.8) is 0 Å². The molecule has 8 nitrogen and oxygen atoms in total. The first-order valence-corrected chi connectivity index (χ1v) is 8.76. The summed E-state index contributed by atoms with van der Waals surface area (Å²) >= 11 is 0. The molecule has 0 aromatic carbocycles. The lowest BCUT2D eigenvalue weighted by atomic mass is 10.1. The summed E-state index contributed by atoms with van der Waals surface area (Å²) < 4.78 is 29.3. The summed E-state index contributed by atoms with van der Waals surface area (Å²) in [4.78, 5) is 22.8. The summed E-state index contributed by atoms with van der Waals surface area (Å²) in [7, 11) is -3.18. The molecule has 1 amide bonds. The number of hydrogen-bond donors (Lipinski definition) is 2. The Kier molecular flexibility index (Phi) is 4.84. The number of amides is 1. The van der Waals surface area contributed by atoms with Gasteiger partial charge in [-0.2, -0.15) is 0 Å². The summed E-state index contributed by atoms with van der Waals surface area (Å²) in [6.07, 6.45) is 1.36. The average Bonchev–Trinajstić information content (AvgIpc) is 2.88. The van der Waals surface area contributed by atoms with Gasteiger partial charge in [0.15, 0.2) is 6.10 Å². The van der Waals surface area contributed by atoms with Crippen LogP contribution in [0, 0.1) is 0 Å². The summed E-state index contributed by atoms with van der Waals surface area (Å²) in [6.45, 7) is 0.764. The lowest BCUT2D eigenvalue weighted by Crippen LogP contribution is -2.48. The molecule has 2 rings (SSSR count). The Labute approximate surface area is 123 Å². The maximum absolute atomic E-state index is 12.0. The van der Waals surface area contributed by atoms with Gasteiger partial charge in [0.05, 0.1) is 6.26 Å². The van der Waals surface area contributed by atoms with Crippen LogP contribution >= 0.6 is 0 Å². The molecule has 2 aliphatic heterocycles. The zero-order valence-electron chi connectivity index (χ0n) is 11.8. The molecule has 120 valence electrons. The number of carboxylic acids is 1. The highest BCUT2D eigenvalue weighted by Gasteiger charge is 2.36. The number of aliphatic carboxylic acids is 1. The number of hydrogen-bond acceptors (Lipinski definition) is 5. The molecule has 2 heterocycles. The summed E-state index contributed by atoms with van der Waals surface area (Å²) in [5, 5.41) is 11.6. The molecule has 0 spiro atoms. The number of nitrogens with one attached hydrogen (secondary N) is 1.